The molecule has 2 aromatic heterocycles. The summed E-state index contributed by atoms with van der Waals surface area (Å²) in [5, 5.41) is 20.3. The molecule has 2 amide bonds. The molecule has 0 aliphatic carbocycles. The lowest BCUT2D eigenvalue weighted by Crippen LogP contribution is -2.45. The smallest absolute Gasteiger partial charge is 0.382 e. The number of anilines is 1. The number of rotatable bonds is 29. The quantitative estimate of drug-likeness (QED) is 0.0363. The van der Waals surface area contributed by atoms with Crippen LogP contribution in [0.1, 0.15) is 64.1 Å². The monoisotopic (exact) mass is 732 g/mol. The molecule has 51 heavy (non-hydrogen) atoms. The van der Waals surface area contributed by atoms with Gasteiger partial charge in [0.05, 0.1) is 23.6 Å². The molecule has 0 fully saturated rings. The Bertz CT molecular complexity index is 1490. The van der Waals surface area contributed by atoms with Crippen molar-refractivity contribution in [1.82, 2.24) is 46.4 Å². The maximum atomic E-state index is 13.3. The highest BCUT2D eigenvalue weighted by molar-refractivity contribution is 7.32. The van der Waals surface area contributed by atoms with Gasteiger partial charge in [-0.3, -0.25) is 9.59 Å². The van der Waals surface area contributed by atoms with E-state index in [0.717, 1.165) is 80.7 Å². The number of carbonyl (C=O) groups excluding carboxylic acids is 2. The van der Waals surface area contributed by atoms with E-state index in [9.17, 15) is 14.2 Å². The number of amides is 2. The molecule has 1 unspecified atom stereocenters. The maximum Gasteiger partial charge on any atom is 0.694 e. The molecule has 0 aliphatic heterocycles. The summed E-state index contributed by atoms with van der Waals surface area (Å²) in [6.45, 7) is 9.86. The summed E-state index contributed by atoms with van der Waals surface area (Å²) in [6.07, 6.45) is 5.57. The number of pyridine rings is 1. The Morgan fingerprint density at radius 2 is 1.65 bits per heavy atom. The maximum absolute atomic E-state index is 13.3. The number of nitrogens with zero attached hydrogens (tertiary/aromatic N) is 3. The van der Waals surface area contributed by atoms with E-state index in [1.807, 2.05) is 31.2 Å². The van der Waals surface area contributed by atoms with E-state index in [-0.39, 0.29) is 24.8 Å². The van der Waals surface area contributed by atoms with Crippen LogP contribution in [-0.4, -0.2) is 103 Å². The Morgan fingerprint density at radius 1 is 0.922 bits per heavy atom. The fraction of sp³-hybridized carbons (Fsp3) is 0.647. The zero-order valence-electron chi connectivity index (χ0n) is 30.1. The molecule has 0 bridgehead atoms. The molecule has 1 aromatic carbocycles. The van der Waals surface area contributed by atoms with E-state index < -0.39 is 14.3 Å². The summed E-state index contributed by atoms with van der Waals surface area (Å²) >= 11 is 0. The van der Waals surface area contributed by atoms with E-state index in [1.54, 1.807) is 0 Å². The van der Waals surface area contributed by atoms with Crippen LogP contribution in [0.15, 0.2) is 24.3 Å². The minimum Gasteiger partial charge on any atom is -0.382 e. The molecule has 0 radical (unpaired) electrons. The van der Waals surface area contributed by atoms with Gasteiger partial charge in [-0.05, 0) is 96.8 Å². The number of nitrogens with two attached hydrogens (primary N) is 2. The molecule has 16 nitrogen and oxygen atoms in total. The highest BCUT2D eigenvalue weighted by Gasteiger charge is 2.21. The minimum absolute atomic E-state index is 0.0794. The van der Waals surface area contributed by atoms with E-state index in [2.05, 4.69) is 41.5 Å². The van der Waals surface area contributed by atoms with Gasteiger partial charge in [0, 0.05) is 36.0 Å². The van der Waals surface area contributed by atoms with Crippen LogP contribution in [0.3, 0.4) is 0 Å². The molecule has 0 spiro atoms. The van der Waals surface area contributed by atoms with E-state index >= 15 is 0 Å². The Kier molecular flexibility index (Phi) is 20.4. The SMILES string of the molecule is CCNCc1nc2c(N)nc3ccccc3c2n1CCCNC(=O)[C@H](CCC(=O)NCCCNCCCCNCCCN)NCCCO[P+](=O)O. The summed E-state index contributed by atoms with van der Waals surface area (Å²) in [4.78, 5) is 44.2. The number of para-hydroxylation sites is 1. The van der Waals surface area contributed by atoms with Crippen LogP contribution in [0, 0.1) is 0 Å². The van der Waals surface area contributed by atoms with Gasteiger partial charge in [0.2, 0.25) is 11.8 Å². The van der Waals surface area contributed by atoms with Crippen LogP contribution in [0.5, 0.6) is 0 Å². The highest BCUT2D eigenvalue weighted by Crippen LogP contribution is 2.29. The summed E-state index contributed by atoms with van der Waals surface area (Å²) in [7, 11) is -2.67. The van der Waals surface area contributed by atoms with E-state index in [0.29, 0.717) is 69.9 Å². The van der Waals surface area contributed by atoms with Crippen molar-refractivity contribution in [2.24, 2.45) is 5.73 Å². The number of imidazole rings is 1. The van der Waals surface area contributed by atoms with Gasteiger partial charge in [-0.1, -0.05) is 25.1 Å². The third-order valence-electron chi connectivity index (χ3n) is 8.34. The van der Waals surface area contributed by atoms with Crippen LogP contribution in [-0.2, 0) is 31.8 Å². The van der Waals surface area contributed by atoms with Gasteiger partial charge >= 0.3 is 8.25 Å². The molecule has 284 valence electrons. The number of unbranched alkanes of at least 4 members (excludes halogenated alkanes) is 1. The summed E-state index contributed by atoms with van der Waals surface area (Å²) < 4.78 is 17.7. The summed E-state index contributed by atoms with van der Waals surface area (Å²) in [5.74, 6) is 0.907. The number of hydrogen-bond acceptors (Lipinski definition) is 12. The molecule has 17 heteroatoms. The first-order valence-corrected chi connectivity index (χ1v) is 19.4. The molecule has 2 heterocycles. The topological polar surface area (TPSA) is 236 Å². The van der Waals surface area contributed by atoms with E-state index in [1.165, 1.54) is 0 Å². The second-order valence-corrected chi connectivity index (χ2v) is 13.1. The van der Waals surface area contributed by atoms with Crippen LogP contribution in [0.25, 0.3) is 21.9 Å². The lowest BCUT2D eigenvalue weighted by atomic mass is 10.1. The van der Waals surface area contributed by atoms with E-state index in [4.69, 9.17) is 25.9 Å². The number of aromatic nitrogens is 3. The van der Waals surface area contributed by atoms with Gasteiger partial charge < -0.3 is 47.9 Å². The van der Waals surface area contributed by atoms with Gasteiger partial charge in [0.15, 0.2) is 5.82 Å². The molecule has 3 rings (SSSR count). The Morgan fingerprint density at radius 3 is 2.39 bits per heavy atom. The number of nitrogen functional groups attached to an aromatic ring is 1. The van der Waals surface area contributed by atoms with Gasteiger partial charge in [-0.2, -0.15) is 0 Å². The molecule has 0 saturated carbocycles. The fourth-order valence-electron chi connectivity index (χ4n) is 5.69. The first kappa shape index (κ1) is 42.1. The Balaban J connectivity index is 1.47. The van der Waals surface area contributed by atoms with Gasteiger partial charge in [0.25, 0.3) is 0 Å². The van der Waals surface area contributed by atoms with Crippen molar-refractivity contribution in [3.63, 3.8) is 0 Å². The van der Waals surface area contributed by atoms with Crippen molar-refractivity contribution in [2.75, 3.05) is 71.2 Å². The van der Waals surface area contributed by atoms with Crippen molar-refractivity contribution in [3.05, 3.63) is 30.1 Å². The predicted molar refractivity (Wildman–Crippen MR) is 202 cm³/mol. The molecule has 0 saturated heterocycles. The number of aryl methyl sites for hydroxylation is 1. The van der Waals surface area contributed by atoms with Crippen molar-refractivity contribution in [1.29, 1.82) is 0 Å². The first-order valence-electron chi connectivity index (χ1n) is 18.3. The van der Waals surface area contributed by atoms with Gasteiger partial charge in [0.1, 0.15) is 17.9 Å². The number of hydrogen-bond donors (Lipinski definition) is 9. The highest BCUT2D eigenvalue weighted by atomic mass is 31.1. The van der Waals surface area contributed by atoms with Crippen molar-refractivity contribution in [2.45, 2.75) is 77.4 Å². The first-order chi connectivity index (χ1) is 24.8. The standard InChI is InChI=1S/C34H58N11O5P/c1-2-37-25-29-44-31-32(26-11-3-4-12-27(26)43-33(31)36)45(29)23-9-21-42-34(47)28(40-22-10-24-50-51(48)49)13-14-30(46)41-20-8-19-39-17-6-5-16-38-18-7-15-35/h3-4,11-12,28,37-40H,2,5-10,13-25,35H2,1H3,(H4-,36,41,42,43,46,47,48,49)/p+1/t28-/m0/s1. The zero-order chi connectivity index (χ0) is 36.7. The van der Waals surface area contributed by atoms with Crippen molar-refractivity contribution in [3.8, 4) is 0 Å². The lowest BCUT2D eigenvalue weighted by Gasteiger charge is -2.18. The predicted octanol–water partition coefficient (Wildman–Crippen LogP) is 1.39. The Labute approximate surface area is 301 Å². The third-order valence-corrected chi connectivity index (χ3v) is 8.74. The number of carbonyl (C=O) groups is 2. The van der Waals surface area contributed by atoms with Crippen molar-refractivity contribution < 1.29 is 23.6 Å². The molecule has 2 atom stereocenters. The minimum atomic E-state index is -2.67. The van der Waals surface area contributed by atoms with Crippen LogP contribution >= 0.6 is 8.25 Å². The Hall–Kier alpha value is -3.34. The second-order valence-electron chi connectivity index (χ2n) is 12.3. The van der Waals surface area contributed by atoms with Crippen LogP contribution < -0.4 is 43.4 Å². The number of fused-ring (bicyclic) bond motifs is 3. The number of nitrogens with one attached hydrogen (secondary N) is 6. The average molecular weight is 733 g/mol. The molecular weight excluding hydrogens is 673 g/mol. The van der Waals surface area contributed by atoms with Crippen molar-refractivity contribution >= 4 is 47.8 Å². The summed E-state index contributed by atoms with van der Waals surface area (Å²) in [5.41, 5.74) is 14.2. The van der Waals surface area contributed by atoms with Gasteiger partial charge in [-0.15, -0.1) is 9.42 Å². The molecular formula is C34H59N11O5P+. The average Bonchev–Trinajstić information content (AvgIpc) is 3.49. The van der Waals surface area contributed by atoms with Gasteiger partial charge in [-0.25, -0.2) is 9.97 Å². The summed E-state index contributed by atoms with van der Waals surface area (Å²) in [6, 6.07) is 7.23. The third kappa shape index (κ3) is 15.4. The molecule has 3 aromatic rings. The normalized spacial score (nSPS) is 12.4. The zero-order valence-corrected chi connectivity index (χ0v) is 30.9. The van der Waals surface area contributed by atoms with Crippen LogP contribution in [0.2, 0.25) is 0 Å². The fourth-order valence-corrected chi connectivity index (χ4v) is 5.97. The number of benzene rings is 1. The second kappa shape index (κ2) is 24.8. The molecule has 0 aliphatic rings. The van der Waals surface area contributed by atoms with Crippen LogP contribution in [0.4, 0.5) is 5.82 Å². The largest absolute Gasteiger partial charge is 0.694 e. The molecule has 11 N–H and O–H groups in total. The lowest BCUT2D eigenvalue weighted by molar-refractivity contribution is -0.124.